The number of aromatic nitrogens is 1. The number of hydrogen-bond donors (Lipinski definition) is 1. The lowest BCUT2D eigenvalue weighted by Gasteiger charge is -2.32. The van der Waals surface area contributed by atoms with Crippen LogP contribution in [-0.2, 0) is 0 Å². The van der Waals surface area contributed by atoms with Crippen molar-refractivity contribution in [2.24, 2.45) is 11.8 Å². The molecule has 1 N–H and O–H groups in total. The maximum absolute atomic E-state index is 4.26. The minimum absolute atomic E-state index is 0.601. The van der Waals surface area contributed by atoms with E-state index in [9.17, 15) is 0 Å². The maximum Gasteiger partial charge on any atom is 0.0437 e. The highest BCUT2D eigenvalue weighted by Gasteiger charge is 2.23. The summed E-state index contributed by atoms with van der Waals surface area (Å²) in [5.74, 6) is 1.66. The Bertz CT molecular complexity index is 549. The number of anilines is 1. The van der Waals surface area contributed by atoms with Gasteiger partial charge in [0, 0.05) is 29.5 Å². The third kappa shape index (κ3) is 2.73. The molecule has 2 atom stereocenters. The van der Waals surface area contributed by atoms with Crippen molar-refractivity contribution in [2.75, 3.05) is 5.32 Å². The van der Waals surface area contributed by atoms with Gasteiger partial charge in [-0.05, 0) is 48.6 Å². The predicted molar refractivity (Wildman–Crippen MR) is 81.3 cm³/mol. The molecule has 2 nitrogen and oxygen atoms in total. The second-order valence-corrected chi connectivity index (χ2v) is 6.16. The van der Waals surface area contributed by atoms with Crippen LogP contribution in [0.3, 0.4) is 0 Å². The number of rotatable bonds is 2. The number of nitrogens with zero attached hydrogens (tertiary/aromatic N) is 1. The molecule has 0 saturated heterocycles. The van der Waals surface area contributed by atoms with Crippen LogP contribution in [0.5, 0.6) is 0 Å². The quantitative estimate of drug-likeness (QED) is 0.855. The van der Waals surface area contributed by atoms with E-state index in [1.165, 1.54) is 35.7 Å². The number of hydrogen-bond acceptors (Lipinski definition) is 2. The molecule has 1 heterocycles. The van der Waals surface area contributed by atoms with Gasteiger partial charge in [0.25, 0.3) is 0 Å². The SMILES string of the molecule is CC1CC(C)CC(Nc2cccc3ccncc23)C1. The molecule has 19 heavy (non-hydrogen) atoms. The summed E-state index contributed by atoms with van der Waals surface area (Å²) in [7, 11) is 0. The average Bonchev–Trinajstić information content (AvgIpc) is 2.38. The summed E-state index contributed by atoms with van der Waals surface area (Å²) in [5, 5.41) is 6.24. The van der Waals surface area contributed by atoms with Gasteiger partial charge in [-0.15, -0.1) is 0 Å². The Kier molecular flexibility index (Phi) is 3.41. The van der Waals surface area contributed by atoms with Gasteiger partial charge >= 0.3 is 0 Å². The fourth-order valence-electron chi connectivity index (χ4n) is 3.52. The van der Waals surface area contributed by atoms with Crippen LogP contribution < -0.4 is 5.32 Å². The molecule has 1 aliphatic rings. The lowest BCUT2D eigenvalue weighted by Crippen LogP contribution is -2.30. The van der Waals surface area contributed by atoms with Crippen LogP contribution in [0, 0.1) is 11.8 Å². The number of fused-ring (bicyclic) bond motifs is 1. The van der Waals surface area contributed by atoms with Crippen molar-refractivity contribution in [2.45, 2.75) is 39.2 Å². The van der Waals surface area contributed by atoms with E-state index in [-0.39, 0.29) is 0 Å². The standard InChI is InChI=1S/C17H22N2/c1-12-8-13(2)10-15(9-12)19-17-5-3-4-14-6-7-18-11-16(14)17/h3-7,11-13,15,19H,8-10H2,1-2H3. The van der Waals surface area contributed by atoms with Gasteiger partial charge in [0.2, 0.25) is 0 Å². The van der Waals surface area contributed by atoms with Crippen molar-refractivity contribution in [3.8, 4) is 0 Å². The molecule has 2 aromatic rings. The van der Waals surface area contributed by atoms with Gasteiger partial charge in [-0.3, -0.25) is 4.98 Å². The lowest BCUT2D eigenvalue weighted by atomic mass is 9.80. The Morgan fingerprint density at radius 1 is 1.05 bits per heavy atom. The summed E-state index contributed by atoms with van der Waals surface area (Å²) < 4.78 is 0. The molecule has 0 radical (unpaired) electrons. The Hall–Kier alpha value is -1.57. The van der Waals surface area contributed by atoms with Crippen LogP contribution in [0.4, 0.5) is 5.69 Å². The zero-order chi connectivity index (χ0) is 13.2. The molecule has 1 aromatic heterocycles. The van der Waals surface area contributed by atoms with Gasteiger partial charge in [-0.1, -0.05) is 26.0 Å². The first kappa shape index (κ1) is 12.5. The highest BCUT2D eigenvalue weighted by Crippen LogP contribution is 2.32. The van der Waals surface area contributed by atoms with Crippen LogP contribution >= 0.6 is 0 Å². The summed E-state index contributed by atoms with van der Waals surface area (Å²) in [5.41, 5.74) is 1.23. The van der Waals surface area contributed by atoms with E-state index < -0.39 is 0 Å². The Balaban J connectivity index is 1.85. The molecule has 0 bridgehead atoms. The Morgan fingerprint density at radius 3 is 2.63 bits per heavy atom. The van der Waals surface area contributed by atoms with Crippen LogP contribution in [0.25, 0.3) is 10.8 Å². The zero-order valence-corrected chi connectivity index (χ0v) is 11.8. The number of benzene rings is 1. The molecule has 1 aliphatic carbocycles. The monoisotopic (exact) mass is 254 g/mol. The topological polar surface area (TPSA) is 24.9 Å². The minimum atomic E-state index is 0.601. The molecule has 0 spiro atoms. The van der Waals surface area contributed by atoms with Gasteiger partial charge < -0.3 is 5.32 Å². The highest BCUT2D eigenvalue weighted by atomic mass is 14.9. The third-order valence-electron chi connectivity index (χ3n) is 4.22. The summed E-state index contributed by atoms with van der Waals surface area (Å²) in [6.45, 7) is 4.74. The predicted octanol–water partition coefficient (Wildman–Crippen LogP) is 4.47. The molecule has 0 aliphatic heterocycles. The second-order valence-electron chi connectivity index (χ2n) is 6.16. The van der Waals surface area contributed by atoms with Crippen molar-refractivity contribution < 1.29 is 0 Å². The summed E-state index contributed by atoms with van der Waals surface area (Å²) in [6, 6.07) is 9.12. The molecular weight excluding hydrogens is 232 g/mol. The van der Waals surface area contributed by atoms with Crippen LogP contribution in [-0.4, -0.2) is 11.0 Å². The number of pyridine rings is 1. The van der Waals surface area contributed by atoms with Crippen molar-refractivity contribution >= 4 is 16.5 Å². The lowest BCUT2D eigenvalue weighted by molar-refractivity contribution is 0.281. The molecule has 1 saturated carbocycles. The normalized spacial score (nSPS) is 27.4. The summed E-state index contributed by atoms with van der Waals surface area (Å²) >= 11 is 0. The summed E-state index contributed by atoms with van der Waals surface area (Å²) in [4.78, 5) is 4.26. The largest absolute Gasteiger partial charge is 0.382 e. The fraction of sp³-hybridized carbons (Fsp3) is 0.471. The first-order chi connectivity index (χ1) is 9.22. The molecule has 1 aromatic carbocycles. The van der Waals surface area contributed by atoms with E-state index in [1.54, 1.807) is 0 Å². The van der Waals surface area contributed by atoms with Crippen molar-refractivity contribution in [1.29, 1.82) is 0 Å². The van der Waals surface area contributed by atoms with Gasteiger partial charge in [-0.25, -0.2) is 0 Å². The first-order valence-corrected chi connectivity index (χ1v) is 7.31. The van der Waals surface area contributed by atoms with E-state index in [0.29, 0.717) is 6.04 Å². The van der Waals surface area contributed by atoms with Crippen LogP contribution in [0.2, 0.25) is 0 Å². The number of nitrogens with one attached hydrogen (secondary N) is 1. The Labute approximate surface area is 115 Å². The zero-order valence-electron chi connectivity index (χ0n) is 11.8. The minimum Gasteiger partial charge on any atom is -0.382 e. The highest BCUT2D eigenvalue weighted by molar-refractivity contribution is 5.93. The van der Waals surface area contributed by atoms with E-state index in [4.69, 9.17) is 0 Å². The molecule has 0 amide bonds. The van der Waals surface area contributed by atoms with Gasteiger partial charge in [-0.2, -0.15) is 0 Å². The summed E-state index contributed by atoms with van der Waals surface area (Å²) in [6.07, 6.45) is 7.75. The molecule has 1 fully saturated rings. The second kappa shape index (κ2) is 5.20. The molecule has 2 unspecified atom stereocenters. The third-order valence-corrected chi connectivity index (χ3v) is 4.22. The Morgan fingerprint density at radius 2 is 1.84 bits per heavy atom. The fourth-order valence-corrected chi connectivity index (χ4v) is 3.52. The van der Waals surface area contributed by atoms with Crippen LogP contribution in [0.15, 0.2) is 36.7 Å². The van der Waals surface area contributed by atoms with E-state index in [2.05, 4.69) is 48.4 Å². The molecule has 2 heteroatoms. The van der Waals surface area contributed by atoms with Crippen molar-refractivity contribution in [1.82, 2.24) is 4.98 Å². The van der Waals surface area contributed by atoms with Gasteiger partial charge in [0.05, 0.1) is 0 Å². The maximum atomic E-state index is 4.26. The average molecular weight is 254 g/mol. The van der Waals surface area contributed by atoms with E-state index in [1.807, 2.05) is 12.4 Å². The van der Waals surface area contributed by atoms with Crippen LogP contribution in [0.1, 0.15) is 33.1 Å². The van der Waals surface area contributed by atoms with Gasteiger partial charge in [0.1, 0.15) is 0 Å². The first-order valence-electron chi connectivity index (χ1n) is 7.31. The van der Waals surface area contributed by atoms with E-state index >= 15 is 0 Å². The van der Waals surface area contributed by atoms with Crippen molar-refractivity contribution in [3.63, 3.8) is 0 Å². The molecule has 3 rings (SSSR count). The van der Waals surface area contributed by atoms with Crippen molar-refractivity contribution in [3.05, 3.63) is 36.7 Å². The molecular formula is C17H22N2. The molecule has 100 valence electrons. The van der Waals surface area contributed by atoms with Gasteiger partial charge in [0.15, 0.2) is 0 Å². The smallest absolute Gasteiger partial charge is 0.0437 e. The van der Waals surface area contributed by atoms with E-state index in [0.717, 1.165) is 11.8 Å².